The maximum Gasteiger partial charge on any atom is 0.233 e. The third-order valence-corrected chi connectivity index (χ3v) is 4.53. The van der Waals surface area contributed by atoms with Crippen molar-refractivity contribution in [3.05, 3.63) is 83.7 Å². The van der Waals surface area contributed by atoms with Crippen LogP contribution in [-0.2, 0) is 11.2 Å². The Labute approximate surface area is 153 Å². The summed E-state index contributed by atoms with van der Waals surface area (Å²) in [6, 6.07) is 21.1. The van der Waals surface area contributed by atoms with Gasteiger partial charge >= 0.3 is 0 Å². The van der Waals surface area contributed by atoms with Crippen LogP contribution in [0.25, 0.3) is 10.8 Å². The van der Waals surface area contributed by atoms with Gasteiger partial charge in [-0.05, 0) is 41.3 Å². The summed E-state index contributed by atoms with van der Waals surface area (Å²) in [4.78, 5) is 12.1. The topological polar surface area (TPSA) is 41.1 Å². The Morgan fingerprint density at radius 1 is 1.00 bits per heavy atom. The normalized spacial score (nSPS) is 12.1. The van der Waals surface area contributed by atoms with Gasteiger partial charge in [-0.15, -0.1) is 0 Å². The summed E-state index contributed by atoms with van der Waals surface area (Å²) < 4.78 is 13.6. The molecule has 26 heavy (non-hydrogen) atoms. The van der Waals surface area contributed by atoms with E-state index in [2.05, 4.69) is 34.9 Å². The minimum atomic E-state index is -0.232. The average Bonchev–Trinajstić information content (AvgIpc) is 2.67. The van der Waals surface area contributed by atoms with Gasteiger partial charge in [-0.25, -0.2) is 4.39 Å². The van der Waals surface area contributed by atoms with Gasteiger partial charge in [0, 0.05) is 12.6 Å². The van der Waals surface area contributed by atoms with E-state index in [0.29, 0.717) is 18.5 Å². The predicted molar refractivity (Wildman–Crippen MR) is 103 cm³/mol. The van der Waals surface area contributed by atoms with E-state index in [9.17, 15) is 9.18 Å². The maximum atomic E-state index is 13.6. The molecule has 0 saturated heterocycles. The van der Waals surface area contributed by atoms with E-state index in [0.717, 1.165) is 0 Å². The largest absolute Gasteiger partial charge is 0.355 e. The molecule has 3 nitrogen and oxygen atoms in total. The van der Waals surface area contributed by atoms with Crippen LogP contribution in [0, 0.1) is 5.82 Å². The minimum absolute atomic E-state index is 0.0541. The molecule has 0 aliphatic heterocycles. The SMILES string of the molecule is C[C@@H](NCC(=O)NCCc1ccccc1F)c1cccc2ccccc12. The molecule has 0 heterocycles. The molecular weight excluding hydrogens is 327 g/mol. The summed E-state index contributed by atoms with van der Waals surface area (Å²) in [5.74, 6) is -0.321. The Morgan fingerprint density at radius 2 is 1.73 bits per heavy atom. The number of hydrogen-bond donors (Lipinski definition) is 2. The lowest BCUT2D eigenvalue weighted by molar-refractivity contribution is -0.120. The molecule has 4 heteroatoms. The van der Waals surface area contributed by atoms with Gasteiger partial charge in [-0.1, -0.05) is 60.7 Å². The Balaban J connectivity index is 1.50. The number of amides is 1. The van der Waals surface area contributed by atoms with E-state index >= 15 is 0 Å². The monoisotopic (exact) mass is 350 g/mol. The van der Waals surface area contributed by atoms with Crippen LogP contribution >= 0.6 is 0 Å². The molecule has 0 saturated carbocycles. The summed E-state index contributed by atoms with van der Waals surface area (Å²) in [7, 11) is 0. The van der Waals surface area contributed by atoms with Crippen molar-refractivity contribution in [2.45, 2.75) is 19.4 Å². The van der Waals surface area contributed by atoms with Gasteiger partial charge in [0.05, 0.1) is 6.54 Å². The molecule has 3 rings (SSSR count). The quantitative estimate of drug-likeness (QED) is 0.676. The maximum absolute atomic E-state index is 13.6. The van der Waals surface area contributed by atoms with E-state index < -0.39 is 0 Å². The molecule has 134 valence electrons. The lowest BCUT2D eigenvalue weighted by atomic mass is 10.00. The highest BCUT2D eigenvalue weighted by Crippen LogP contribution is 2.23. The van der Waals surface area contributed by atoms with Gasteiger partial charge in [-0.3, -0.25) is 4.79 Å². The summed E-state index contributed by atoms with van der Waals surface area (Å²) >= 11 is 0. The third kappa shape index (κ3) is 4.46. The third-order valence-electron chi connectivity index (χ3n) is 4.53. The summed E-state index contributed by atoms with van der Waals surface area (Å²) in [6.07, 6.45) is 0.483. The standard InChI is InChI=1S/C22H23FN2O/c1-16(19-11-6-9-17-7-2-4-10-20(17)19)25-15-22(26)24-14-13-18-8-3-5-12-21(18)23/h2-12,16,25H,13-15H2,1H3,(H,24,26)/t16-/m1/s1. The van der Waals surface area contributed by atoms with Crippen LogP contribution in [0.5, 0.6) is 0 Å². The van der Waals surface area contributed by atoms with Gasteiger partial charge in [0.1, 0.15) is 5.82 Å². The van der Waals surface area contributed by atoms with Crippen LogP contribution < -0.4 is 10.6 Å². The van der Waals surface area contributed by atoms with Crippen molar-refractivity contribution in [1.82, 2.24) is 10.6 Å². The summed E-state index contributed by atoms with van der Waals surface area (Å²) in [6.45, 7) is 2.69. The van der Waals surface area contributed by atoms with Crippen molar-refractivity contribution in [3.8, 4) is 0 Å². The number of benzene rings is 3. The zero-order chi connectivity index (χ0) is 18.4. The van der Waals surface area contributed by atoms with Crippen molar-refractivity contribution in [3.63, 3.8) is 0 Å². The molecule has 0 unspecified atom stereocenters. The van der Waals surface area contributed by atoms with Crippen LogP contribution in [0.1, 0.15) is 24.1 Å². The van der Waals surface area contributed by atoms with Crippen molar-refractivity contribution < 1.29 is 9.18 Å². The molecule has 0 fully saturated rings. The van der Waals surface area contributed by atoms with Crippen molar-refractivity contribution >= 4 is 16.7 Å². The lowest BCUT2D eigenvalue weighted by Gasteiger charge is -2.16. The molecule has 3 aromatic rings. The number of hydrogen-bond acceptors (Lipinski definition) is 2. The zero-order valence-electron chi connectivity index (χ0n) is 14.8. The number of carbonyl (C=O) groups is 1. The van der Waals surface area contributed by atoms with E-state index in [1.54, 1.807) is 18.2 Å². The van der Waals surface area contributed by atoms with Gasteiger partial charge in [-0.2, -0.15) is 0 Å². The van der Waals surface area contributed by atoms with Crippen LogP contribution in [0.2, 0.25) is 0 Å². The summed E-state index contributed by atoms with van der Waals surface area (Å²) in [5, 5.41) is 8.48. The Morgan fingerprint density at radius 3 is 2.58 bits per heavy atom. The van der Waals surface area contributed by atoms with Gasteiger partial charge in [0.2, 0.25) is 5.91 Å². The van der Waals surface area contributed by atoms with Gasteiger partial charge in [0.25, 0.3) is 0 Å². The fourth-order valence-corrected chi connectivity index (χ4v) is 3.08. The molecule has 0 spiro atoms. The first-order chi connectivity index (χ1) is 12.6. The molecule has 0 radical (unpaired) electrons. The van der Waals surface area contributed by atoms with E-state index in [1.165, 1.54) is 22.4 Å². The van der Waals surface area contributed by atoms with Gasteiger partial charge in [0.15, 0.2) is 0 Å². The molecule has 0 bridgehead atoms. The fraction of sp³-hybridized carbons (Fsp3) is 0.227. The number of rotatable bonds is 7. The fourth-order valence-electron chi connectivity index (χ4n) is 3.08. The second-order valence-electron chi connectivity index (χ2n) is 6.36. The number of carbonyl (C=O) groups excluding carboxylic acids is 1. The Kier molecular flexibility index (Phi) is 5.97. The predicted octanol–water partition coefficient (Wildman–Crippen LogP) is 3.99. The zero-order valence-corrected chi connectivity index (χ0v) is 14.8. The molecule has 1 atom stereocenters. The number of halogens is 1. The molecule has 2 N–H and O–H groups in total. The summed E-state index contributed by atoms with van der Waals surface area (Å²) in [5.41, 5.74) is 1.78. The molecule has 0 aromatic heterocycles. The molecule has 1 amide bonds. The second kappa shape index (κ2) is 8.59. The molecule has 3 aromatic carbocycles. The number of fused-ring (bicyclic) bond motifs is 1. The molecular formula is C22H23FN2O. The van der Waals surface area contributed by atoms with Crippen LogP contribution in [0.15, 0.2) is 66.7 Å². The van der Waals surface area contributed by atoms with E-state index in [-0.39, 0.29) is 24.3 Å². The van der Waals surface area contributed by atoms with Crippen molar-refractivity contribution in [2.24, 2.45) is 0 Å². The first-order valence-electron chi connectivity index (χ1n) is 8.86. The highest BCUT2D eigenvalue weighted by Gasteiger charge is 2.10. The lowest BCUT2D eigenvalue weighted by Crippen LogP contribution is -2.36. The van der Waals surface area contributed by atoms with E-state index in [4.69, 9.17) is 0 Å². The molecule has 0 aliphatic carbocycles. The minimum Gasteiger partial charge on any atom is -0.355 e. The van der Waals surface area contributed by atoms with Crippen molar-refractivity contribution in [2.75, 3.05) is 13.1 Å². The van der Waals surface area contributed by atoms with Gasteiger partial charge < -0.3 is 10.6 Å². The highest BCUT2D eigenvalue weighted by molar-refractivity contribution is 5.86. The first-order valence-corrected chi connectivity index (χ1v) is 8.86. The van der Waals surface area contributed by atoms with Crippen LogP contribution in [-0.4, -0.2) is 19.0 Å². The Bertz CT molecular complexity index is 889. The van der Waals surface area contributed by atoms with E-state index in [1.807, 2.05) is 25.1 Å². The molecule has 0 aliphatic rings. The highest BCUT2D eigenvalue weighted by atomic mass is 19.1. The Hall–Kier alpha value is -2.72. The first kappa shape index (κ1) is 18.1. The average molecular weight is 350 g/mol. The second-order valence-corrected chi connectivity index (χ2v) is 6.36. The van der Waals surface area contributed by atoms with Crippen molar-refractivity contribution in [1.29, 1.82) is 0 Å². The smallest absolute Gasteiger partial charge is 0.233 e. The van der Waals surface area contributed by atoms with Crippen LogP contribution in [0.3, 0.4) is 0 Å². The van der Waals surface area contributed by atoms with Crippen LogP contribution in [0.4, 0.5) is 4.39 Å². The number of nitrogens with one attached hydrogen (secondary N) is 2.